The van der Waals surface area contributed by atoms with Crippen LogP contribution in [0.4, 0.5) is 0 Å². The van der Waals surface area contributed by atoms with Crippen LogP contribution in [-0.2, 0) is 0 Å². The standard InChI is InChI=1S/C14H18N2O/c1-15-9-11-16(12-10-15)8-4-6-13-5-2-3-7-14(13)17/h2-3,5,7,17H,8-12H2,1H3. The third-order valence-electron chi connectivity index (χ3n) is 3.03. The molecule has 1 heterocycles. The lowest BCUT2D eigenvalue weighted by Crippen LogP contribution is -2.44. The topological polar surface area (TPSA) is 26.7 Å². The summed E-state index contributed by atoms with van der Waals surface area (Å²) >= 11 is 0. The van der Waals surface area contributed by atoms with E-state index in [-0.39, 0.29) is 5.75 Å². The normalized spacial score (nSPS) is 17.5. The highest BCUT2D eigenvalue weighted by molar-refractivity contribution is 5.44. The van der Waals surface area contributed by atoms with Crippen LogP contribution in [0.5, 0.6) is 5.75 Å². The number of hydrogen-bond acceptors (Lipinski definition) is 3. The molecule has 2 rings (SSSR count). The molecule has 1 N–H and O–H groups in total. The Bertz CT molecular complexity index is 425. The monoisotopic (exact) mass is 230 g/mol. The van der Waals surface area contributed by atoms with Crippen LogP contribution in [0.1, 0.15) is 5.56 Å². The molecule has 0 atom stereocenters. The van der Waals surface area contributed by atoms with Gasteiger partial charge in [0, 0.05) is 26.2 Å². The lowest BCUT2D eigenvalue weighted by molar-refractivity contribution is 0.168. The van der Waals surface area contributed by atoms with Gasteiger partial charge in [0.1, 0.15) is 5.75 Å². The maximum absolute atomic E-state index is 9.56. The van der Waals surface area contributed by atoms with Crippen molar-refractivity contribution < 1.29 is 5.11 Å². The quantitative estimate of drug-likeness (QED) is 0.729. The molecule has 1 aliphatic rings. The number of para-hydroxylation sites is 1. The van der Waals surface area contributed by atoms with E-state index in [0.29, 0.717) is 5.56 Å². The van der Waals surface area contributed by atoms with Gasteiger partial charge in [0.25, 0.3) is 0 Å². The highest BCUT2D eigenvalue weighted by Gasteiger charge is 2.11. The Morgan fingerprint density at radius 3 is 2.59 bits per heavy atom. The fourth-order valence-corrected chi connectivity index (χ4v) is 1.83. The number of phenolic OH excluding ortho intramolecular Hbond substituents is 1. The molecule has 0 amide bonds. The Kier molecular flexibility index (Phi) is 4.03. The van der Waals surface area contributed by atoms with Crippen molar-refractivity contribution in [2.24, 2.45) is 0 Å². The molecule has 1 aromatic carbocycles. The molecule has 3 nitrogen and oxygen atoms in total. The number of piperazine rings is 1. The number of phenols is 1. The van der Waals surface area contributed by atoms with Crippen LogP contribution >= 0.6 is 0 Å². The van der Waals surface area contributed by atoms with E-state index in [0.717, 1.165) is 32.7 Å². The van der Waals surface area contributed by atoms with Gasteiger partial charge in [-0.3, -0.25) is 4.90 Å². The maximum atomic E-state index is 9.56. The Hall–Kier alpha value is -1.50. The van der Waals surface area contributed by atoms with Gasteiger partial charge in [0.05, 0.1) is 12.1 Å². The van der Waals surface area contributed by atoms with E-state index < -0.39 is 0 Å². The molecule has 0 radical (unpaired) electrons. The molecule has 17 heavy (non-hydrogen) atoms. The molecule has 0 aromatic heterocycles. The lowest BCUT2D eigenvalue weighted by atomic mass is 10.2. The lowest BCUT2D eigenvalue weighted by Gasteiger charge is -2.30. The SMILES string of the molecule is CN1CCN(CC#Cc2ccccc2O)CC1. The fraction of sp³-hybridized carbons (Fsp3) is 0.429. The molecule has 1 aliphatic heterocycles. The molecule has 0 saturated carbocycles. The number of rotatable bonds is 1. The van der Waals surface area contributed by atoms with Crippen LogP contribution in [0.2, 0.25) is 0 Å². The summed E-state index contributed by atoms with van der Waals surface area (Å²) in [5.74, 6) is 6.40. The highest BCUT2D eigenvalue weighted by Crippen LogP contribution is 2.13. The van der Waals surface area contributed by atoms with Gasteiger partial charge in [-0.15, -0.1) is 0 Å². The van der Waals surface area contributed by atoms with Crippen molar-refractivity contribution >= 4 is 0 Å². The Balaban J connectivity index is 1.88. The molecule has 0 aliphatic carbocycles. The predicted octanol–water partition coefficient (Wildman–Crippen LogP) is 0.991. The van der Waals surface area contributed by atoms with Gasteiger partial charge in [-0.25, -0.2) is 0 Å². The smallest absolute Gasteiger partial charge is 0.131 e. The molecular weight excluding hydrogens is 212 g/mol. The first-order valence-electron chi connectivity index (χ1n) is 5.93. The van der Waals surface area contributed by atoms with Crippen molar-refractivity contribution in [2.75, 3.05) is 39.8 Å². The van der Waals surface area contributed by atoms with Crippen molar-refractivity contribution in [3.63, 3.8) is 0 Å². The minimum atomic E-state index is 0.262. The van der Waals surface area contributed by atoms with Gasteiger partial charge in [-0.1, -0.05) is 24.0 Å². The molecule has 0 unspecified atom stereocenters. The second-order valence-electron chi connectivity index (χ2n) is 4.40. The van der Waals surface area contributed by atoms with Gasteiger partial charge in [0.15, 0.2) is 0 Å². The number of likely N-dealkylation sites (N-methyl/N-ethyl adjacent to an activating group) is 1. The van der Waals surface area contributed by atoms with Gasteiger partial charge in [-0.05, 0) is 19.2 Å². The van der Waals surface area contributed by atoms with Crippen molar-refractivity contribution in [1.29, 1.82) is 0 Å². The van der Waals surface area contributed by atoms with Crippen LogP contribution < -0.4 is 0 Å². The molecule has 3 heteroatoms. The summed E-state index contributed by atoms with van der Waals surface area (Å²) in [6, 6.07) is 7.20. The molecule has 1 fully saturated rings. The third kappa shape index (κ3) is 3.48. The number of benzene rings is 1. The first kappa shape index (κ1) is 12.0. The van der Waals surface area contributed by atoms with E-state index in [4.69, 9.17) is 0 Å². The summed E-state index contributed by atoms with van der Waals surface area (Å²) < 4.78 is 0. The minimum Gasteiger partial charge on any atom is -0.507 e. The van der Waals surface area contributed by atoms with Crippen LogP contribution in [0, 0.1) is 11.8 Å². The first-order chi connectivity index (χ1) is 8.25. The molecule has 1 aromatic rings. The summed E-state index contributed by atoms with van der Waals surface area (Å²) in [6.07, 6.45) is 0. The Morgan fingerprint density at radius 2 is 1.88 bits per heavy atom. The summed E-state index contributed by atoms with van der Waals surface area (Å²) in [5, 5.41) is 9.56. The van der Waals surface area contributed by atoms with E-state index in [1.54, 1.807) is 12.1 Å². The van der Waals surface area contributed by atoms with E-state index in [1.165, 1.54) is 0 Å². The van der Waals surface area contributed by atoms with Crippen LogP contribution in [0.25, 0.3) is 0 Å². The molecule has 0 bridgehead atoms. The van der Waals surface area contributed by atoms with Gasteiger partial charge in [0.2, 0.25) is 0 Å². The zero-order valence-corrected chi connectivity index (χ0v) is 10.2. The number of hydrogen-bond donors (Lipinski definition) is 1. The summed E-state index contributed by atoms with van der Waals surface area (Å²) in [7, 11) is 2.14. The maximum Gasteiger partial charge on any atom is 0.131 e. The predicted molar refractivity (Wildman–Crippen MR) is 68.9 cm³/mol. The second-order valence-corrected chi connectivity index (χ2v) is 4.40. The average Bonchev–Trinajstić information content (AvgIpc) is 2.34. The number of aromatic hydroxyl groups is 1. The van der Waals surface area contributed by atoms with E-state index in [2.05, 4.69) is 28.7 Å². The highest BCUT2D eigenvalue weighted by atomic mass is 16.3. The van der Waals surface area contributed by atoms with E-state index in [9.17, 15) is 5.11 Å². The molecule has 1 saturated heterocycles. The Labute approximate surface area is 103 Å². The fourth-order valence-electron chi connectivity index (χ4n) is 1.83. The van der Waals surface area contributed by atoms with Crippen LogP contribution in [-0.4, -0.2) is 54.7 Å². The van der Waals surface area contributed by atoms with Crippen molar-refractivity contribution in [2.45, 2.75) is 0 Å². The van der Waals surface area contributed by atoms with Gasteiger partial charge >= 0.3 is 0 Å². The third-order valence-corrected chi connectivity index (χ3v) is 3.03. The minimum absolute atomic E-state index is 0.262. The zero-order chi connectivity index (χ0) is 12.1. The zero-order valence-electron chi connectivity index (χ0n) is 10.2. The molecule has 0 spiro atoms. The van der Waals surface area contributed by atoms with E-state index >= 15 is 0 Å². The van der Waals surface area contributed by atoms with Crippen molar-refractivity contribution in [3.8, 4) is 17.6 Å². The Morgan fingerprint density at radius 1 is 1.18 bits per heavy atom. The second kappa shape index (κ2) is 5.72. The first-order valence-corrected chi connectivity index (χ1v) is 5.93. The van der Waals surface area contributed by atoms with Gasteiger partial charge < -0.3 is 10.0 Å². The average molecular weight is 230 g/mol. The van der Waals surface area contributed by atoms with Crippen molar-refractivity contribution in [3.05, 3.63) is 29.8 Å². The van der Waals surface area contributed by atoms with E-state index in [1.807, 2.05) is 12.1 Å². The number of nitrogens with zero attached hydrogens (tertiary/aromatic N) is 2. The van der Waals surface area contributed by atoms with Gasteiger partial charge in [-0.2, -0.15) is 0 Å². The van der Waals surface area contributed by atoms with Crippen LogP contribution in [0.3, 0.4) is 0 Å². The molecular formula is C14H18N2O. The summed E-state index contributed by atoms with van der Waals surface area (Å²) in [4.78, 5) is 4.67. The van der Waals surface area contributed by atoms with Crippen LogP contribution in [0.15, 0.2) is 24.3 Å². The molecule has 90 valence electrons. The summed E-state index contributed by atoms with van der Waals surface area (Å²) in [6.45, 7) is 5.15. The largest absolute Gasteiger partial charge is 0.507 e. The van der Waals surface area contributed by atoms with Crippen molar-refractivity contribution in [1.82, 2.24) is 9.80 Å². The summed E-state index contributed by atoms with van der Waals surface area (Å²) in [5.41, 5.74) is 0.710.